The summed E-state index contributed by atoms with van der Waals surface area (Å²) in [6.45, 7) is 9.90. The molecule has 0 bridgehead atoms. The van der Waals surface area contributed by atoms with Gasteiger partial charge in [-0.05, 0) is 46.8 Å². The Labute approximate surface area is 140 Å². The van der Waals surface area contributed by atoms with Crippen molar-refractivity contribution in [1.29, 1.82) is 0 Å². The van der Waals surface area contributed by atoms with Gasteiger partial charge in [-0.3, -0.25) is 14.5 Å². The van der Waals surface area contributed by atoms with E-state index < -0.39 is 11.9 Å². The van der Waals surface area contributed by atoms with Gasteiger partial charge in [-0.2, -0.15) is 5.10 Å². The molecule has 0 spiro atoms. The number of nitrogens with zero attached hydrogens (tertiary/aromatic N) is 3. The number of pyridine rings is 1. The average Bonchev–Trinajstić information content (AvgIpc) is 2.89. The highest BCUT2D eigenvalue weighted by molar-refractivity contribution is 5.95. The van der Waals surface area contributed by atoms with E-state index in [9.17, 15) is 9.59 Å². The van der Waals surface area contributed by atoms with Crippen LogP contribution < -0.4 is 5.32 Å². The number of carbonyl (C=O) groups excluding carboxylic acids is 1. The summed E-state index contributed by atoms with van der Waals surface area (Å²) in [4.78, 5) is 27.3. The zero-order valence-electron chi connectivity index (χ0n) is 14.5. The molecule has 2 N–H and O–H groups in total. The number of hydrogen-bond donors (Lipinski definition) is 2. The fraction of sp³-hybridized carbons (Fsp3) is 0.412. The standard InChI is InChI=1S/C17H22N4O3/c1-10(13-9-21(17(3,4)5)20-11(13)2)19-15(22)14-8-12(16(23)24)6-7-18-14/h6-10H,1-5H3,(H,19,22)(H,23,24). The highest BCUT2D eigenvalue weighted by Gasteiger charge is 2.21. The SMILES string of the molecule is Cc1nn(C(C)(C)C)cc1C(C)NC(=O)c1cc(C(=O)O)ccn1. The van der Waals surface area contributed by atoms with Crippen LogP contribution in [0.1, 0.15) is 65.8 Å². The zero-order valence-corrected chi connectivity index (χ0v) is 14.5. The topological polar surface area (TPSA) is 97.1 Å². The molecule has 7 heteroatoms. The molecule has 2 aromatic heterocycles. The summed E-state index contributed by atoms with van der Waals surface area (Å²) in [7, 11) is 0. The molecule has 128 valence electrons. The van der Waals surface area contributed by atoms with Crippen molar-refractivity contribution >= 4 is 11.9 Å². The zero-order chi connectivity index (χ0) is 18.1. The smallest absolute Gasteiger partial charge is 0.335 e. The maximum absolute atomic E-state index is 12.3. The van der Waals surface area contributed by atoms with E-state index in [0.29, 0.717) is 0 Å². The minimum absolute atomic E-state index is 0.0273. The largest absolute Gasteiger partial charge is 0.478 e. The van der Waals surface area contributed by atoms with Crippen molar-refractivity contribution in [3.05, 3.63) is 47.0 Å². The summed E-state index contributed by atoms with van der Waals surface area (Å²) in [5.41, 5.74) is 1.70. The number of rotatable bonds is 4. The summed E-state index contributed by atoms with van der Waals surface area (Å²) >= 11 is 0. The number of carboxylic acids is 1. The van der Waals surface area contributed by atoms with E-state index in [4.69, 9.17) is 5.11 Å². The van der Waals surface area contributed by atoms with Gasteiger partial charge in [0.15, 0.2) is 0 Å². The van der Waals surface area contributed by atoms with E-state index in [2.05, 4.69) is 15.4 Å². The van der Waals surface area contributed by atoms with Gasteiger partial charge in [0.25, 0.3) is 5.91 Å². The Morgan fingerprint density at radius 3 is 2.54 bits per heavy atom. The molecular formula is C17H22N4O3. The second kappa shape index (κ2) is 6.43. The fourth-order valence-corrected chi connectivity index (χ4v) is 2.28. The van der Waals surface area contributed by atoms with Gasteiger partial charge in [0.05, 0.1) is 22.8 Å². The van der Waals surface area contributed by atoms with Gasteiger partial charge in [0, 0.05) is 18.0 Å². The van der Waals surface area contributed by atoms with E-state index in [-0.39, 0.29) is 22.8 Å². The second-order valence-corrected chi connectivity index (χ2v) is 6.72. The van der Waals surface area contributed by atoms with E-state index in [0.717, 1.165) is 11.3 Å². The van der Waals surface area contributed by atoms with Crippen LogP contribution in [0.25, 0.3) is 0 Å². The first kappa shape index (κ1) is 17.7. The molecule has 24 heavy (non-hydrogen) atoms. The molecule has 7 nitrogen and oxygen atoms in total. The van der Waals surface area contributed by atoms with Crippen LogP contribution in [0.5, 0.6) is 0 Å². The van der Waals surface area contributed by atoms with E-state index >= 15 is 0 Å². The number of nitrogens with one attached hydrogen (secondary N) is 1. The number of aryl methyl sites for hydroxylation is 1. The van der Waals surface area contributed by atoms with Crippen LogP contribution in [0, 0.1) is 6.92 Å². The molecular weight excluding hydrogens is 308 g/mol. The molecule has 0 aromatic carbocycles. The quantitative estimate of drug-likeness (QED) is 0.898. The van der Waals surface area contributed by atoms with Crippen LogP contribution in [-0.4, -0.2) is 31.7 Å². The molecule has 0 saturated heterocycles. The minimum Gasteiger partial charge on any atom is -0.478 e. The highest BCUT2D eigenvalue weighted by atomic mass is 16.4. The third-order valence-electron chi connectivity index (χ3n) is 3.68. The van der Waals surface area contributed by atoms with Crippen LogP contribution in [0.15, 0.2) is 24.5 Å². The molecule has 2 aromatic rings. The molecule has 0 saturated carbocycles. The summed E-state index contributed by atoms with van der Waals surface area (Å²) in [5.74, 6) is -1.52. The van der Waals surface area contributed by atoms with Crippen molar-refractivity contribution in [1.82, 2.24) is 20.1 Å². The molecule has 2 rings (SSSR count). The van der Waals surface area contributed by atoms with E-state index in [1.54, 1.807) is 0 Å². The molecule has 0 radical (unpaired) electrons. The molecule has 2 heterocycles. The summed E-state index contributed by atoms with van der Waals surface area (Å²) in [6, 6.07) is 2.33. The van der Waals surface area contributed by atoms with Gasteiger partial charge in [-0.1, -0.05) is 0 Å². The van der Waals surface area contributed by atoms with E-state index in [1.165, 1.54) is 18.3 Å². The molecule has 1 amide bonds. The molecule has 0 aliphatic rings. The van der Waals surface area contributed by atoms with Crippen molar-refractivity contribution in [2.75, 3.05) is 0 Å². The Bertz CT molecular complexity index is 774. The third kappa shape index (κ3) is 3.79. The Morgan fingerprint density at radius 1 is 1.33 bits per heavy atom. The summed E-state index contributed by atoms with van der Waals surface area (Å²) in [6.07, 6.45) is 3.23. The van der Waals surface area contributed by atoms with Crippen LogP contribution in [-0.2, 0) is 5.54 Å². The van der Waals surface area contributed by atoms with Gasteiger partial charge in [-0.15, -0.1) is 0 Å². The predicted octanol–water partition coefficient (Wildman–Crippen LogP) is 2.53. The molecule has 1 unspecified atom stereocenters. The predicted molar refractivity (Wildman–Crippen MR) is 89.0 cm³/mol. The van der Waals surface area contributed by atoms with Gasteiger partial charge in [0.2, 0.25) is 0 Å². The Hall–Kier alpha value is -2.70. The van der Waals surface area contributed by atoms with Crippen LogP contribution in [0.3, 0.4) is 0 Å². The Kier molecular flexibility index (Phi) is 4.73. The lowest BCUT2D eigenvalue weighted by atomic mass is 10.1. The van der Waals surface area contributed by atoms with Crippen LogP contribution in [0.2, 0.25) is 0 Å². The van der Waals surface area contributed by atoms with Crippen molar-refractivity contribution in [3.63, 3.8) is 0 Å². The van der Waals surface area contributed by atoms with Crippen molar-refractivity contribution in [2.24, 2.45) is 0 Å². The molecule has 0 aliphatic heterocycles. The maximum Gasteiger partial charge on any atom is 0.335 e. The Morgan fingerprint density at radius 2 is 2.00 bits per heavy atom. The maximum atomic E-state index is 12.3. The van der Waals surface area contributed by atoms with E-state index in [1.807, 2.05) is 45.5 Å². The number of aromatic nitrogens is 3. The lowest BCUT2D eigenvalue weighted by molar-refractivity contribution is 0.0696. The highest BCUT2D eigenvalue weighted by Crippen LogP contribution is 2.21. The van der Waals surface area contributed by atoms with Gasteiger partial charge < -0.3 is 10.4 Å². The lowest BCUT2D eigenvalue weighted by Gasteiger charge is -2.19. The first-order chi connectivity index (χ1) is 11.1. The first-order valence-corrected chi connectivity index (χ1v) is 7.66. The van der Waals surface area contributed by atoms with Crippen molar-refractivity contribution in [3.8, 4) is 0 Å². The van der Waals surface area contributed by atoms with Crippen molar-refractivity contribution in [2.45, 2.75) is 46.2 Å². The third-order valence-corrected chi connectivity index (χ3v) is 3.68. The van der Waals surface area contributed by atoms with Crippen molar-refractivity contribution < 1.29 is 14.7 Å². The average molecular weight is 330 g/mol. The van der Waals surface area contributed by atoms with Crippen LogP contribution in [0.4, 0.5) is 0 Å². The minimum atomic E-state index is -1.10. The normalized spacial score (nSPS) is 12.7. The lowest BCUT2D eigenvalue weighted by Crippen LogP contribution is -2.28. The Balaban J connectivity index is 2.19. The first-order valence-electron chi connectivity index (χ1n) is 7.66. The summed E-state index contributed by atoms with van der Waals surface area (Å²) < 4.78 is 1.86. The monoisotopic (exact) mass is 330 g/mol. The number of hydrogen-bond acceptors (Lipinski definition) is 4. The fourth-order valence-electron chi connectivity index (χ4n) is 2.28. The second-order valence-electron chi connectivity index (χ2n) is 6.72. The molecule has 0 aliphatic carbocycles. The number of carbonyl (C=O) groups is 2. The molecule has 0 fully saturated rings. The van der Waals surface area contributed by atoms with Gasteiger partial charge in [-0.25, -0.2) is 4.79 Å². The number of aromatic carboxylic acids is 1. The number of amides is 1. The van der Waals surface area contributed by atoms with Gasteiger partial charge in [0.1, 0.15) is 5.69 Å². The van der Waals surface area contributed by atoms with Gasteiger partial charge >= 0.3 is 5.97 Å². The summed E-state index contributed by atoms with van der Waals surface area (Å²) in [5, 5.41) is 16.3. The van der Waals surface area contributed by atoms with Crippen LogP contribution >= 0.6 is 0 Å². The molecule has 1 atom stereocenters. The number of carboxylic acid groups (broad SMARTS) is 1.